The third kappa shape index (κ3) is 2.92. The largest absolute Gasteiger partial charge is 0.361 e. The highest BCUT2D eigenvalue weighted by atomic mass is 16.5. The van der Waals surface area contributed by atoms with Crippen molar-refractivity contribution in [3.63, 3.8) is 0 Å². The van der Waals surface area contributed by atoms with Gasteiger partial charge in [0.1, 0.15) is 11.6 Å². The molecule has 0 spiro atoms. The molecule has 1 amide bonds. The Morgan fingerprint density at radius 2 is 2.20 bits per heavy atom. The number of nitrogens with zero attached hydrogens (tertiary/aromatic N) is 3. The highest BCUT2D eigenvalue weighted by Gasteiger charge is 2.33. The van der Waals surface area contributed by atoms with Gasteiger partial charge >= 0.3 is 0 Å². The second-order valence-electron chi connectivity index (χ2n) is 6.68. The lowest BCUT2D eigenvalue weighted by Gasteiger charge is -2.24. The minimum atomic E-state index is 0.0921. The summed E-state index contributed by atoms with van der Waals surface area (Å²) >= 11 is 0. The fourth-order valence-corrected chi connectivity index (χ4v) is 3.82. The summed E-state index contributed by atoms with van der Waals surface area (Å²) in [5.41, 5.74) is 3.92. The number of aromatic amines is 1. The van der Waals surface area contributed by atoms with Crippen molar-refractivity contribution < 1.29 is 9.32 Å². The van der Waals surface area contributed by atoms with Crippen LogP contribution in [0.3, 0.4) is 0 Å². The predicted molar refractivity (Wildman–Crippen MR) is 94.1 cm³/mol. The summed E-state index contributed by atoms with van der Waals surface area (Å²) in [7, 11) is 0. The second kappa shape index (κ2) is 6.35. The van der Waals surface area contributed by atoms with Crippen LogP contribution in [0.5, 0.6) is 0 Å². The molecule has 1 aliphatic heterocycles. The number of aryl methyl sites for hydroxylation is 3. The maximum Gasteiger partial charge on any atom is 0.223 e. The molecule has 0 unspecified atom stereocenters. The van der Waals surface area contributed by atoms with Gasteiger partial charge in [-0.05, 0) is 38.8 Å². The molecule has 25 heavy (non-hydrogen) atoms. The zero-order valence-electron chi connectivity index (χ0n) is 14.6. The number of nitrogens with one attached hydrogen (secondary N) is 1. The second-order valence-corrected chi connectivity index (χ2v) is 6.68. The first-order valence-electron chi connectivity index (χ1n) is 8.79. The quantitative estimate of drug-likeness (QED) is 0.790. The summed E-state index contributed by atoms with van der Waals surface area (Å²) in [6.07, 6.45) is 3.07. The van der Waals surface area contributed by atoms with Crippen LogP contribution in [-0.4, -0.2) is 32.5 Å². The number of likely N-dealkylation sites (tertiary alicyclic amines) is 1. The fraction of sp³-hybridized carbons (Fsp3) is 0.421. The molecule has 0 aliphatic carbocycles. The monoisotopic (exact) mass is 338 g/mol. The van der Waals surface area contributed by atoms with Crippen LogP contribution in [0.15, 0.2) is 28.8 Å². The van der Waals surface area contributed by atoms with Crippen molar-refractivity contribution in [2.75, 3.05) is 6.54 Å². The van der Waals surface area contributed by atoms with Gasteiger partial charge in [-0.2, -0.15) is 0 Å². The molecular weight excluding hydrogens is 316 g/mol. The molecule has 0 radical (unpaired) electrons. The molecule has 3 aromatic rings. The molecule has 6 nitrogen and oxygen atoms in total. The average Bonchev–Trinajstić information content (AvgIpc) is 3.31. The summed E-state index contributed by atoms with van der Waals surface area (Å²) in [5, 5.41) is 4.04. The van der Waals surface area contributed by atoms with Gasteiger partial charge in [-0.25, -0.2) is 4.98 Å². The van der Waals surface area contributed by atoms with E-state index in [0.717, 1.165) is 53.3 Å². The number of benzene rings is 1. The number of carbonyl (C=O) groups excluding carboxylic acids is 1. The van der Waals surface area contributed by atoms with Crippen molar-refractivity contribution in [3.05, 3.63) is 47.1 Å². The Morgan fingerprint density at radius 3 is 2.96 bits per heavy atom. The minimum Gasteiger partial charge on any atom is -0.361 e. The van der Waals surface area contributed by atoms with Crippen molar-refractivity contribution in [2.45, 2.75) is 45.6 Å². The van der Waals surface area contributed by atoms with Crippen LogP contribution in [0.1, 0.15) is 48.1 Å². The third-order valence-corrected chi connectivity index (χ3v) is 5.01. The van der Waals surface area contributed by atoms with E-state index in [1.54, 1.807) is 0 Å². The van der Waals surface area contributed by atoms with Gasteiger partial charge < -0.3 is 14.4 Å². The Balaban J connectivity index is 1.46. The predicted octanol–water partition coefficient (Wildman–Crippen LogP) is 3.46. The van der Waals surface area contributed by atoms with E-state index in [-0.39, 0.29) is 11.9 Å². The highest BCUT2D eigenvalue weighted by molar-refractivity contribution is 5.78. The SMILES string of the molecule is Cc1noc(C)c1[C@H]1CCCN1C(=O)CCc1nc2ccccc2[nH]1. The van der Waals surface area contributed by atoms with Gasteiger partial charge in [0.25, 0.3) is 0 Å². The molecule has 4 rings (SSSR count). The van der Waals surface area contributed by atoms with Gasteiger partial charge in [-0.15, -0.1) is 0 Å². The summed E-state index contributed by atoms with van der Waals surface area (Å²) in [6.45, 7) is 4.67. The summed E-state index contributed by atoms with van der Waals surface area (Å²) in [6, 6.07) is 8.02. The number of imidazole rings is 1. The number of carbonyl (C=O) groups is 1. The van der Waals surface area contributed by atoms with E-state index < -0.39 is 0 Å². The molecule has 2 aromatic heterocycles. The Hall–Kier alpha value is -2.63. The fourth-order valence-electron chi connectivity index (χ4n) is 3.82. The van der Waals surface area contributed by atoms with Gasteiger partial charge in [0, 0.05) is 24.9 Å². The smallest absolute Gasteiger partial charge is 0.223 e. The lowest BCUT2D eigenvalue weighted by atomic mass is 10.0. The Morgan fingerprint density at radius 1 is 1.36 bits per heavy atom. The van der Waals surface area contributed by atoms with E-state index in [0.29, 0.717) is 12.8 Å². The van der Waals surface area contributed by atoms with Crippen molar-refractivity contribution in [3.8, 4) is 0 Å². The molecule has 0 bridgehead atoms. The summed E-state index contributed by atoms with van der Waals surface area (Å²) in [4.78, 5) is 22.6. The number of hydrogen-bond acceptors (Lipinski definition) is 4. The number of rotatable bonds is 4. The van der Waals surface area contributed by atoms with Crippen LogP contribution >= 0.6 is 0 Å². The zero-order chi connectivity index (χ0) is 17.4. The van der Waals surface area contributed by atoms with Crippen molar-refractivity contribution in [1.82, 2.24) is 20.0 Å². The normalized spacial score (nSPS) is 17.5. The number of hydrogen-bond donors (Lipinski definition) is 1. The molecule has 1 N–H and O–H groups in total. The van der Waals surface area contributed by atoms with Crippen LogP contribution in [0, 0.1) is 13.8 Å². The van der Waals surface area contributed by atoms with Crippen molar-refractivity contribution in [2.24, 2.45) is 0 Å². The van der Waals surface area contributed by atoms with E-state index in [1.807, 2.05) is 43.0 Å². The van der Waals surface area contributed by atoms with Crippen molar-refractivity contribution >= 4 is 16.9 Å². The van der Waals surface area contributed by atoms with E-state index in [1.165, 1.54) is 0 Å². The summed E-state index contributed by atoms with van der Waals surface area (Å²) in [5.74, 6) is 1.85. The van der Waals surface area contributed by atoms with Crippen LogP contribution in [-0.2, 0) is 11.2 Å². The lowest BCUT2D eigenvalue weighted by molar-refractivity contribution is -0.132. The number of fused-ring (bicyclic) bond motifs is 1. The average molecular weight is 338 g/mol. The Labute approximate surface area is 146 Å². The molecular formula is C19H22N4O2. The maximum atomic E-state index is 12.8. The third-order valence-electron chi connectivity index (χ3n) is 5.01. The molecule has 3 heterocycles. The van der Waals surface area contributed by atoms with Crippen LogP contribution in [0.25, 0.3) is 11.0 Å². The van der Waals surface area contributed by atoms with Crippen LogP contribution < -0.4 is 0 Å². The van der Waals surface area contributed by atoms with E-state index >= 15 is 0 Å². The molecule has 1 saturated heterocycles. The number of H-pyrrole nitrogens is 1. The van der Waals surface area contributed by atoms with E-state index in [9.17, 15) is 4.79 Å². The van der Waals surface area contributed by atoms with Gasteiger partial charge in [-0.3, -0.25) is 4.79 Å². The van der Waals surface area contributed by atoms with E-state index in [2.05, 4.69) is 15.1 Å². The first kappa shape index (κ1) is 15.9. The van der Waals surface area contributed by atoms with Crippen molar-refractivity contribution in [1.29, 1.82) is 0 Å². The van der Waals surface area contributed by atoms with Gasteiger partial charge in [-0.1, -0.05) is 17.3 Å². The molecule has 0 saturated carbocycles. The van der Waals surface area contributed by atoms with Gasteiger partial charge in [0.15, 0.2) is 0 Å². The van der Waals surface area contributed by atoms with Crippen LogP contribution in [0.2, 0.25) is 0 Å². The molecule has 130 valence electrons. The van der Waals surface area contributed by atoms with Gasteiger partial charge in [0.2, 0.25) is 5.91 Å². The maximum absolute atomic E-state index is 12.8. The molecule has 6 heteroatoms. The number of amides is 1. The van der Waals surface area contributed by atoms with E-state index in [4.69, 9.17) is 4.52 Å². The zero-order valence-corrected chi connectivity index (χ0v) is 14.6. The highest BCUT2D eigenvalue weighted by Crippen LogP contribution is 2.35. The topological polar surface area (TPSA) is 75.0 Å². The Bertz CT molecular complexity index is 859. The first-order valence-corrected chi connectivity index (χ1v) is 8.79. The molecule has 1 atom stereocenters. The molecule has 1 aromatic carbocycles. The standard InChI is InChI=1S/C19H22N4O2/c1-12-19(13(2)25-22-12)16-8-5-11-23(16)18(24)10-9-17-20-14-6-3-4-7-15(14)21-17/h3-4,6-7,16H,5,8-11H2,1-2H3,(H,20,21)/t16-/m1/s1. The molecule has 1 fully saturated rings. The minimum absolute atomic E-state index is 0.0921. The van der Waals surface area contributed by atoms with Gasteiger partial charge in [0.05, 0.1) is 22.8 Å². The Kier molecular flexibility index (Phi) is 4.03. The lowest BCUT2D eigenvalue weighted by Crippen LogP contribution is -2.31. The van der Waals surface area contributed by atoms with Crippen LogP contribution in [0.4, 0.5) is 0 Å². The first-order chi connectivity index (χ1) is 12.1. The number of aromatic nitrogens is 3. The molecule has 1 aliphatic rings. The summed E-state index contributed by atoms with van der Waals surface area (Å²) < 4.78 is 5.30. The number of para-hydroxylation sites is 2.